The van der Waals surface area contributed by atoms with Crippen molar-refractivity contribution >= 4 is 35.1 Å². The number of nitrogens with one attached hydrogen (secondary N) is 3. The number of aryl methyl sites for hydroxylation is 1. The molecular weight excluding hydrogens is 648 g/mol. The van der Waals surface area contributed by atoms with Gasteiger partial charge in [-0.15, -0.1) is 11.3 Å². The Morgan fingerprint density at radius 1 is 1.02 bits per heavy atom. The molecule has 0 saturated carbocycles. The molecule has 2 saturated heterocycles. The second-order valence-corrected chi connectivity index (χ2v) is 14.6. The van der Waals surface area contributed by atoms with Crippen LogP contribution in [0.25, 0.3) is 10.4 Å². The van der Waals surface area contributed by atoms with Crippen molar-refractivity contribution in [3.05, 3.63) is 41.0 Å². The first-order valence-electron chi connectivity index (χ1n) is 17.1. The van der Waals surface area contributed by atoms with Crippen LogP contribution in [-0.2, 0) is 23.9 Å². The van der Waals surface area contributed by atoms with Crippen molar-refractivity contribution in [1.82, 2.24) is 30.7 Å². The van der Waals surface area contributed by atoms with Crippen LogP contribution in [0.5, 0.6) is 0 Å². The molecule has 1 aromatic heterocycles. The van der Waals surface area contributed by atoms with Crippen LogP contribution in [0, 0.1) is 12.3 Å². The smallest absolute Gasteiger partial charge is 0.317 e. The van der Waals surface area contributed by atoms with Crippen molar-refractivity contribution in [3.8, 4) is 10.4 Å². The monoisotopic (exact) mass is 700 g/mol. The lowest BCUT2D eigenvalue weighted by Crippen LogP contribution is -2.58. The average molecular weight is 701 g/mol. The lowest BCUT2D eigenvalue weighted by atomic mass is 9.85. The van der Waals surface area contributed by atoms with E-state index in [1.54, 1.807) is 16.2 Å². The molecule has 13 nitrogen and oxygen atoms in total. The summed E-state index contributed by atoms with van der Waals surface area (Å²) < 4.78 is 11.0. The number of rotatable bonds is 15. The summed E-state index contributed by atoms with van der Waals surface area (Å²) in [5.74, 6) is -1.13. The molecule has 2 fully saturated rings. The van der Waals surface area contributed by atoms with Crippen LogP contribution in [0.2, 0.25) is 0 Å². The first-order valence-corrected chi connectivity index (χ1v) is 18.0. The highest BCUT2D eigenvalue weighted by molar-refractivity contribution is 7.13. The molecular formula is C35H52N6O7S. The number of aliphatic hydroxyl groups is 1. The van der Waals surface area contributed by atoms with E-state index >= 15 is 0 Å². The van der Waals surface area contributed by atoms with Crippen molar-refractivity contribution < 1.29 is 33.8 Å². The van der Waals surface area contributed by atoms with Gasteiger partial charge in [-0.2, -0.15) is 0 Å². The number of thiazole rings is 1. The number of β-amino-alcohol motifs (C(OH)–C–C–N with tert-alkyl or cyclic N) is 1. The number of benzene rings is 1. The minimum absolute atomic E-state index is 0.00168. The van der Waals surface area contributed by atoms with Crippen molar-refractivity contribution in [3.63, 3.8) is 0 Å². The van der Waals surface area contributed by atoms with E-state index < -0.39 is 29.5 Å². The Hall–Kier alpha value is -3.59. The van der Waals surface area contributed by atoms with Crippen LogP contribution in [0.4, 0.5) is 4.79 Å². The molecule has 0 bridgehead atoms. The van der Waals surface area contributed by atoms with Gasteiger partial charge in [0.15, 0.2) is 0 Å². The van der Waals surface area contributed by atoms with Crippen LogP contribution >= 0.6 is 11.3 Å². The molecule has 0 aliphatic carbocycles. The summed E-state index contributed by atoms with van der Waals surface area (Å²) in [4.78, 5) is 60.8. The lowest BCUT2D eigenvalue weighted by Gasteiger charge is -2.35. The molecule has 2 aliphatic rings. The number of amides is 5. The molecule has 3 heterocycles. The summed E-state index contributed by atoms with van der Waals surface area (Å²) in [6, 6.07) is 5.75. The third-order valence-corrected chi connectivity index (χ3v) is 9.80. The predicted molar refractivity (Wildman–Crippen MR) is 187 cm³/mol. The van der Waals surface area contributed by atoms with Crippen molar-refractivity contribution in [2.45, 2.75) is 84.5 Å². The van der Waals surface area contributed by atoms with Crippen LogP contribution in [0.3, 0.4) is 0 Å². The lowest BCUT2D eigenvalue weighted by molar-refractivity contribution is -0.144. The number of ether oxygens (including phenoxy) is 2. The van der Waals surface area contributed by atoms with Crippen molar-refractivity contribution in [1.29, 1.82) is 0 Å². The number of hydrogen-bond acceptors (Lipinski definition) is 9. The van der Waals surface area contributed by atoms with E-state index in [1.807, 2.05) is 64.4 Å². The Morgan fingerprint density at radius 2 is 1.69 bits per heavy atom. The second-order valence-electron chi connectivity index (χ2n) is 13.8. The van der Waals surface area contributed by atoms with Crippen LogP contribution < -0.4 is 16.0 Å². The molecule has 49 heavy (non-hydrogen) atoms. The van der Waals surface area contributed by atoms with Crippen LogP contribution in [0.15, 0.2) is 29.8 Å². The summed E-state index contributed by atoms with van der Waals surface area (Å²) in [5.41, 5.74) is 4.09. The summed E-state index contributed by atoms with van der Waals surface area (Å²) in [5, 5.41) is 19.2. The maximum Gasteiger partial charge on any atom is 0.317 e. The highest BCUT2D eigenvalue weighted by atomic mass is 32.1. The van der Waals surface area contributed by atoms with Crippen LogP contribution in [-0.4, -0.2) is 114 Å². The molecule has 1 aromatic carbocycles. The molecule has 0 spiro atoms. The van der Waals surface area contributed by atoms with E-state index in [9.17, 15) is 24.3 Å². The third-order valence-electron chi connectivity index (χ3n) is 8.82. The number of likely N-dealkylation sites (tertiary alicyclic amines) is 2. The zero-order valence-corrected chi connectivity index (χ0v) is 30.1. The number of carbonyl (C=O) groups excluding carboxylic acids is 4. The van der Waals surface area contributed by atoms with Gasteiger partial charge in [-0.1, -0.05) is 45.0 Å². The highest BCUT2D eigenvalue weighted by Crippen LogP contribution is 2.29. The zero-order chi connectivity index (χ0) is 35.6. The molecule has 0 radical (unpaired) electrons. The van der Waals surface area contributed by atoms with E-state index in [0.29, 0.717) is 19.8 Å². The fourth-order valence-electron chi connectivity index (χ4n) is 6.00. The van der Waals surface area contributed by atoms with E-state index in [0.717, 1.165) is 47.6 Å². The third kappa shape index (κ3) is 10.9. The van der Waals surface area contributed by atoms with Gasteiger partial charge >= 0.3 is 6.03 Å². The van der Waals surface area contributed by atoms with Gasteiger partial charge in [0, 0.05) is 39.0 Å². The van der Waals surface area contributed by atoms with E-state index in [1.165, 1.54) is 4.90 Å². The van der Waals surface area contributed by atoms with Gasteiger partial charge in [0.25, 0.3) is 0 Å². The molecule has 14 heteroatoms. The molecule has 2 aliphatic heterocycles. The summed E-state index contributed by atoms with van der Waals surface area (Å²) in [7, 11) is 0. The Bertz CT molecular complexity index is 1410. The Morgan fingerprint density at radius 3 is 2.33 bits per heavy atom. The standard InChI is InChI=1S/C35H52N6O7S/c1-23(25-8-10-26(11-9-25)30-24(2)37-22-49-30)38-32(44)28-20-27(42)21-41(28)33(45)31(35(3,4)5)39-29(43)12-16-47-18-19-48-17-13-36-34(46)40-14-6-7-15-40/h8-11,22-23,27-28,31,42H,6-7,12-21H2,1-5H3,(H,36,46)(H,38,44)(H,39,43)/t23-,27+,28-,31+/m0/s1. The molecule has 0 unspecified atom stereocenters. The van der Waals surface area contributed by atoms with Crippen molar-refractivity contribution in [2.24, 2.45) is 5.41 Å². The number of aliphatic hydroxyl groups excluding tert-OH is 1. The van der Waals surface area contributed by atoms with Gasteiger partial charge in [0.1, 0.15) is 12.1 Å². The molecule has 4 N–H and O–H groups in total. The minimum atomic E-state index is -0.917. The average Bonchev–Trinajstić information content (AvgIpc) is 3.83. The van der Waals surface area contributed by atoms with Gasteiger partial charge in [-0.05, 0) is 43.2 Å². The number of hydrogen-bond donors (Lipinski definition) is 4. The van der Waals surface area contributed by atoms with Gasteiger partial charge in [0.05, 0.1) is 54.7 Å². The van der Waals surface area contributed by atoms with Gasteiger partial charge in [0.2, 0.25) is 17.7 Å². The topological polar surface area (TPSA) is 162 Å². The fraction of sp³-hybridized carbons (Fsp3) is 0.629. The zero-order valence-electron chi connectivity index (χ0n) is 29.3. The van der Waals surface area contributed by atoms with Crippen molar-refractivity contribution in [2.75, 3.05) is 52.6 Å². The second kappa shape index (κ2) is 17.9. The number of aromatic nitrogens is 1. The van der Waals surface area contributed by atoms with E-state index in [4.69, 9.17) is 9.47 Å². The largest absolute Gasteiger partial charge is 0.391 e. The number of nitrogens with zero attached hydrogens (tertiary/aromatic N) is 3. The predicted octanol–water partition coefficient (Wildman–Crippen LogP) is 3.02. The van der Waals surface area contributed by atoms with Gasteiger partial charge in [-0.3, -0.25) is 14.4 Å². The highest BCUT2D eigenvalue weighted by Gasteiger charge is 2.44. The van der Waals surface area contributed by atoms with Gasteiger partial charge in [-0.25, -0.2) is 9.78 Å². The minimum Gasteiger partial charge on any atom is -0.391 e. The summed E-state index contributed by atoms with van der Waals surface area (Å²) in [6.45, 7) is 12.5. The quantitative estimate of drug-likeness (QED) is 0.206. The number of urea groups is 1. The first kappa shape index (κ1) is 38.2. The summed E-state index contributed by atoms with van der Waals surface area (Å²) >= 11 is 1.58. The maximum atomic E-state index is 13.9. The van der Waals surface area contributed by atoms with E-state index in [2.05, 4.69) is 20.9 Å². The van der Waals surface area contributed by atoms with E-state index in [-0.39, 0.29) is 56.5 Å². The Kier molecular flexibility index (Phi) is 13.9. The number of carbonyl (C=O) groups is 4. The fourth-order valence-corrected chi connectivity index (χ4v) is 6.81. The Balaban J connectivity index is 1.22. The molecule has 270 valence electrons. The Labute approximate surface area is 293 Å². The van der Waals surface area contributed by atoms with Gasteiger partial charge < -0.3 is 40.3 Å². The summed E-state index contributed by atoms with van der Waals surface area (Å²) in [6.07, 6.45) is 1.38. The SMILES string of the molecule is Cc1ncsc1-c1ccc([C@H](C)NC(=O)[C@@H]2C[C@@H](O)CN2C(=O)[C@@H](NC(=O)CCOCCOCCNC(=O)N2CCCC2)C(C)(C)C)cc1. The first-order chi connectivity index (χ1) is 23.3. The molecule has 4 atom stereocenters. The van der Waals surface area contributed by atoms with Crippen LogP contribution in [0.1, 0.15) is 70.7 Å². The molecule has 5 amide bonds. The molecule has 2 aromatic rings. The molecule has 4 rings (SSSR count). The normalized spacial score (nSPS) is 19.1. The maximum absolute atomic E-state index is 13.9.